The summed E-state index contributed by atoms with van der Waals surface area (Å²) < 4.78 is 13.3. The average molecular weight is 417 g/mol. The molecule has 1 aliphatic rings. The number of carbonyl (C=O) groups is 3. The molecule has 2 atom stereocenters. The first-order chi connectivity index (χ1) is 13.9. The van der Waals surface area contributed by atoms with E-state index in [1.807, 2.05) is 0 Å². The third-order valence-corrected chi connectivity index (χ3v) is 4.98. The lowest BCUT2D eigenvalue weighted by Gasteiger charge is -2.24. The van der Waals surface area contributed by atoms with Gasteiger partial charge in [0.25, 0.3) is 5.91 Å². The standard InChI is InChI=1S/C21H18ClFN2O4/c22-16-11-12(9-10-17(16)23)24-20(27)15-7-3-4-8-18(15)25-19(26)13-5-1-2-6-14(13)21(28)29/h1-4,7-11,13-14H,5-6H2,(H,24,27)(H,25,26)(H,28,29)/t13-,14+/m1/s1. The van der Waals surface area contributed by atoms with Gasteiger partial charge >= 0.3 is 5.97 Å². The Bertz CT molecular complexity index is 992. The smallest absolute Gasteiger partial charge is 0.307 e. The van der Waals surface area contributed by atoms with Crippen molar-refractivity contribution in [1.29, 1.82) is 0 Å². The van der Waals surface area contributed by atoms with E-state index in [0.29, 0.717) is 12.1 Å². The van der Waals surface area contributed by atoms with E-state index in [-0.39, 0.29) is 22.7 Å². The van der Waals surface area contributed by atoms with Crippen LogP contribution >= 0.6 is 11.6 Å². The van der Waals surface area contributed by atoms with Crippen LogP contribution in [-0.2, 0) is 9.59 Å². The summed E-state index contributed by atoms with van der Waals surface area (Å²) >= 11 is 5.73. The van der Waals surface area contributed by atoms with Crippen molar-refractivity contribution in [3.8, 4) is 0 Å². The van der Waals surface area contributed by atoms with Crippen molar-refractivity contribution in [3.63, 3.8) is 0 Å². The minimum absolute atomic E-state index is 0.130. The average Bonchev–Trinajstić information content (AvgIpc) is 2.71. The minimum Gasteiger partial charge on any atom is -0.481 e. The fourth-order valence-corrected chi connectivity index (χ4v) is 3.35. The highest BCUT2D eigenvalue weighted by atomic mass is 35.5. The first-order valence-corrected chi connectivity index (χ1v) is 9.28. The third-order valence-electron chi connectivity index (χ3n) is 4.69. The Morgan fingerprint density at radius 3 is 2.38 bits per heavy atom. The largest absolute Gasteiger partial charge is 0.481 e. The molecule has 2 amide bonds. The number of nitrogens with one attached hydrogen (secondary N) is 2. The molecule has 0 saturated heterocycles. The predicted octanol–water partition coefficient (Wildman–Crippen LogP) is 4.34. The van der Waals surface area contributed by atoms with Crippen LogP contribution in [0.25, 0.3) is 0 Å². The summed E-state index contributed by atoms with van der Waals surface area (Å²) in [7, 11) is 0. The predicted molar refractivity (Wildman–Crippen MR) is 107 cm³/mol. The molecule has 2 aromatic carbocycles. The number of carboxylic acid groups (broad SMARTS) is 1. The van der Waals surface area contributed by atoms with Gasteiger partial charge in [-0.15, -0.1) is 0 Å². The molecule has 29 heavy (non-hydrogen) atoms. The Morgan fingerprint density at radius 1 is 1.00 bits per heavy atom. The molecule has 0 bridgehead atoms. The maximum atomic E-state index is 13.3. The highest BCUT2D eigenvalue weighted by molar-refractivity contribution is 6.31. The van der Waals surface area contributed by atoms with Crippen molar-refractivity contribution in [2.24, 2.45) is 11.8 Å². The van der Waals surface area contributed by atoms with Crippen molar-refractivity contribution >= 4 is 40.8 Å². The molecule has 0 fully saturated rings. The van der Waals surface area contributed by atoms with Crippen LogP contribution in [0.2, 0.25) is 5.02 Å². The van der Waals surface area contributed by atoms with Gasteiger partial charge in [-0.05, 0) is 43.2 Å². The fraction of sp³-hybridized carbons (Fsp3) is 0.190. The zero-order chi connectivity index (χ0) is 21.0. The van der Waals surface area contributed by atoms with Gasteiger partial charge in [0.05, 0.1) is 28.1 Å². The van der Waals surface area contributed by atoms with E-state index >= 15 is 0 Å². The van der Waals surface area contributed by atoms with Crippen LogP contribution in [0, 0.1) is 17.7 Å². The molecule has 0 saturated carbocycles. The lowest BCUT2D eigenvalue weighted by Crippen LogP contribution is -2.35. The van der Waals surface area contributed by atoms with Crippen molar-refractivity contribution in [2.45, 2.75) is 12.8 Å². The van der Waals surface area contributed by atoms with Gasteiger partial charge in [-0.3, -0.25) is 14.4 Å². The van der Waals surface area contributed by atoms with Crippen LogP contribution in [0.15, 0.2) is 54.6 Å². The van der Waals surface area contributed by atoms with Crippen molar-refractivity contribution in [2.75, 3.05) is 10.6 Å². The van der Waals surface area contributed by atoms with Gasteiger partial charge in [-0.2, -0.15) is 0 Å². The van der Waals surface area contributed by atoms with Gasteiger partial charge < -0.3 is 15.7 Å². The first kappa shape index (κ1) is 20.5. The molecule has 0 heterocycles. The van der Waals surface area contributed by atoms with E-state index < -0.39 is 35.4 Å². The van der Waals surface area contributed by atoms with E-state index in [2.05, 4.69) is 10.6 Å². The van der Waals surface area contributed by atoms with Gasteiger partial charge in [-0.25, -0.2) is 4.39 Å². The van der Waals surface area contributed by atoms with E-state index in [4.69, 9.17) is 11.6 Å². The molecule has 3 rings (SSSR count). The first-order valence-electron chi connectivity index (χ1n) is 8.91. The van der Waals surface area contributed by atoms with Crippen LogP contribution in [-0.4, -0.2) is 22.9 Å². The summed E-state index contributed by atoms with van der Waals surface area (Å²) in [6.45, 7) is 0. The molecule has 0 radical (unpaired) electrons. The topological polar surface area (TPSA) is 95.5 Å². The molecule has 0 aliphatic heterocycles. The second-order valence-corrected chi connectivity index (χ2v) is 7.02. The molecule has 8 heteroatoms. The summed E-state index contributed by atoms with van der Waals surface area (Å²) in [5.74, 6) is -4.18. The van der Waals surface area contributed by atoms with Crippen LogP contribution in [0.4, 0.5) is 15.8 Å². The summed E-state index contributed by atoms with van der Waals surface area (Å²) in [5.41, 5.74) is 0.729. The zero-order valence-corrected chi connectivity index (χ0v) is 15.9. The van der Waals surface area contributed by atoms with Gasteiger partial charge in [0, 0.05) is 5.69 Å². The molecule has 150 valence electrons. The molecule has 0 unspecified atom stereocenters. The number of hydrogen-bond donors (Lipinski definition) is 3. The maximum absolute atomic E-state index is 13.3. The number of aliphatic carboxylic acids is 1. The molecule has 3 N–H and O–H groups in total. The van der Waals surface area contributed by atoms with Gasteiger partial charge in [0.2, 0.25) is 5.91 Å². The second kappa shape index (κ2) is 8.87. The number of halogens is 2. The fourth-order valence-electron chi connectivity index (χ4n) is 3.16. The number of rotatable bonds is 5. The Morgan fingerprint density at radius 2 is 1.69 bits per heavy atom. The van der Waals surface area contributed by atoms with Crippen LogP contribution in [0.1, 0.15) is 23.2 Å². The maximum Gasteiger partial charge on any atom is 0.307 e. The number of carbonyl (C=O) groups excluding carboxylic acids is 2. The summed E-state index contributed by atoms with van der Waals surface area (Å²) in [6, 6.07) is 10.1. The number of benzene rings is 2. The molecule has 6 nitrogen and oxygen atoms in total. The SMILES string of the molecule is O=C(Nc1ccc(F)c(Cl)c1)c1ccccc1NC(=O)[C@@H]1CC=CC[C@@H]1C(=O)O. The Kier molecular flexibility index (Phi) is 6.29. The van der Waals surface area contributed by atoms with Gasteiger partial charge in [-0.1, -0.05) is 35.9 Å². The lowest BCUT2D eigenvalue weighted by molar-refractivity contribution is -0.146. The van der Waals surface area contributed by atoms with Crippen molar-refractivity contribution in [1.82, 2.24) is 0 Å². The molecule has 0 spiro atoms. The summed E-state index contributed by atoms with van der Waals surface area (Å²) in [5, 5.41) is 14.5. The van der Waals surface area contributed by atoms with Crippen LogP contribution < -0.4 is 10.6 Å². The van der Waals surface area contributed by atoms with E-state index in [0.717, 1.165) is 6.07 Å². The lowest BCUT2D eigenvalue weighted by atomic mass is 9.82. The minimum atomic E-state index is -1.03. The number of hydrogen-bond acceptors (Lipinski definition) is 3. The van der Waals surface area contributed by atoms with E-state index in [1.165, 1.54) is 18.2 Å². The molecular weight excluding hydrogens is 399 g/mol. The molecule has 1 aliphatic carbocycles. The number of allylic oxidation sites excluding steroid dienone is 2. The highest BCUT2D eigenvalue weighted by Gasteiger charge is 2.34. The number of amides is 2. The third kappa shape index (κ3) is 4.81. The van der Waals surface area contributed by atoms with Crippen molar-refractivity contribution < 1.29 is 23.9 Å². The van der Waals surface area contributed by atoms with Crippen molar-refractivity contribution in [3.05, 3.63) is 71.0 Å². The Balaban J connectivity index is 1.78. The Labute approximate surface area is 171 Å². The summed E-state index contributed by atoms with van der Waals surface area (Å²) in [6.07, 6.45) is 4.12. The van der Waals surface area contributed by atoms with Gasteiger partial charge in [0.1, 0.15) is 5.82 Å². The molecule has 2 aromatic rings. The monoisotopic (exact) mass is 416 g/mol. The Hall–Kier alpha value is -3.19. The van der Waals surface area contributed by atoms with Crippen LogP contribution in [0.3, 0.4) is 0 Å². The van der Waals surface area contributed by atoms with E-state index in [1.54, 1.807) is 30.4 Å². The number of anilines is 2. The van der Waals surface area contributed by atoms with Crippen LogP contribution in [0.5, 0.6) is 0 Å². The second-order valence-electron chi connectivity index (χ2n) is 6.61. The highest BCUT2D eigenvalue weighted by Crippen LogP contribution is 2.28. The quantitative estimate of drug-likeness (QED) is 0.632. The summed E-state index contributed by atoms with van der Waals surface area (Å²) in [4.78, 5) is 36.8. The number of carboxylic acids is 1. The zero-order valence-electron chi connectivity index (χ0n) is 15.2. The number of para-hydroxylation sites is 1. The molecular formula is C21H18ClFN2O4. The van der Waals surface area contributed by atoms with Gasteiger partial charge in [0.15, 0.2) is 0 Å². The van der Waals surface area contributed by atoms with E-state index in [9.17, 15) is 23.9 Å². The normalized spacial score (nSPS) is 18.1. The molecule has 0 aromatic heterocycles.